The van der Waals surface area contributed by atoms with E-state index in [0.29, 0.717) is 0 Å². The van der Waals surface area contributed by atoms with Crippen molar-refractivity contribution < 1.29 is 4.79 Å². The first-order valence-corrected chi connectivity index (χ1v) is 7.13. The molecule has 1 aromatic rings. The zero-order valence-electron chi connectivity index (χ0n) is 12.0. The third kappa shape index (κ3) is 4.15. The minimum absolute atomic E-state index is 0.0792. The average Bonchev–Trinajstić information content (AvgIpc) is 2.90. The molecular weight excluding hydrogens is 236 g/mol. The van der Waals surface area contributed by atoms with E-state index in [1.165, 1.54) is 12.8 Å². The molecule has 3 heteroatoms. The molecule has 1 heterocycles. The van der Waals surface area contributed by atoms with Crippen molar-refractivity contribution in [2.24, 2.45) is 5.92 Å². The number of likely N-dealkylation sites (tertiary alicyclic amines) is 1. The van der Waals surface area contributed by atoms with Crippen LogP contribution in [-0.2, 0) is 0 Å². The second-order valence-corrected chi connectivity index (χ2v) is 5.70. The van der Waals surface area contributed by atoms with Crippen LogP contribution in [0, 0.1) is 5.92 Å². The van der Waals surface area contributed by atoms with Crippen LogP contribution in [0.2, 0.25) is 0 Å². The highest BCUT2D eigenvalue weighted by molar-refractivity contribution is 5.98. The van der Waals surface area contributed by atoms with Crippen LogP contribution < -0.4 is 0 Å². The average molecular weight is 260 g/mol. The molecule has 3 nitrogen and oxygen atoms in total. The molecule has 0 spiro atoms. The Hall–Kier alpha value is -1.19. The van der Waals surface area contributed by atoms with E-state index < -0.39 is 0 Å². The molecule has 1 aliphatic rings. The Morgan fingerprint density at radius 3 is 2.42 bits per heavy atom. The molecule has 0 aromatic heterocycles. The zero-order chi connectivity index (χ0) is 13.7. The van der Waals surface area contributed by atoms with Crippen molar-refractivity contribution >= 4 is 5.78 Å². The summed E-state index contributed by atoms with van der Waals surface area (Å²) in [6.45, 7) is 4.01. The summed E-state index contributed by atoms with van der Waals surface area (Å²) in [5.41, 5.74) is 0.841. The first kappa shape index (κ1) is 14.2. The van der Waals surface area contributed by atoms with Crippen LogP contribution in [0.25, 0.3) is 0 Å². The van der Waals surface area contributed by atoms with E-state index in [-0.39, 0.29) is 11.7 Å². The molecule has 1 unspecified atom stereocenters. The lowest BCUT2D eigenvalue weighted by Crippen LogP contribution is -2.37. The quantitative estimate of drug-likeness (QED) is 0.732. The van der Waals surface area contributed by atoms with E-state index in [0.717, 1.165) is 31.7 Å². The van der Waals surface area contributed by atoms with Crippen molar-refractivity contribution in [1.82, 2.24) is 9.80 Å². The standard InChI is InChI=1S/C16H24N2O/c1-17(2)12-15(13-18-10-6-7-11-18)16(19)14-8-4-3-5-9-14/h3-5,8-9,15H,6-7,10-13H2,1-2H3. The number of nitrogens with zero attached hydrogens (tertiary/aromatic N) is 2. The number of rotatable bonds is 6. The molecule has 1 fully saturated rings. The highest BCUT2D eigenvalue weighted by atomic mass is 16.1. The van der Waals surface area contributed by atoms with E-state index in [1.54, 1.807) is 0 Å². The molecule has 1 atom stereocenters. The monoisotopic (exact) mass is 260 g/mol. The molecule has 0 amide bonds. The SMILES string of the molecule is CN(C)CC(CN1CCCC1)C(=O)c1ccccc1. The molecule has 0 bridgehead atoms. The fourth-order valence-electron chi connectivity index (χ4n) is 2.78. The summed E-state index contributed by atoms with van der Waals surface area (Å²) in [6, 6.07) is 9.69. The highest BCUT2D eigenvalue weighted by Gasteiger charge is 2.24. The zero-order valence-corrected chi connectivity index (χ0v) is 12.0. The Kier molecular flexibility index (Phi) is 5.11. The van der Waals surface area contributed by atoms with Gasteiger partial charge in [-0.2, -0.15) is 0 Å². The van der Waals surface area contributed by atoms with Crippen LogP contribution >= 0.6 is 0 Å². The predicted octanol–water partition coefficient (Wildman–Crippen LogP) is 2.14. The fourth-order valence-corrected chi connectivity index (χ4v) is 2.78. The first-order chi connectivity index (χ1) is 9.16. The van der Waals surface area contributed by atoms with Gasteiger partial charge in [-0.15, -0.1) is 0 Å². The van der Waals surface area contributed by atoms with Gasteiger partial charge in [-0.25, -0.2) is 0 Å². The van der Waals surface area contributed by atoms with Gasteiger partial charge in [0.1, 0.15) is 0 Å². The van der Waals surface area contributed by atoms with Gasteiger partial charge < -0.3 is 9.80 Å². The molecule has 0 radical (unpaired) electrons. The number of Topliss-reactive ketones (excluding diaryl/α,β-unsaturated/α-hetero) is 1. The Bertz CT molecular complexity index is 396. The lowest BCUT2D eigenvalue weighted by atomic mass is 9.96. The van der Waals surface area contributed by atoms with Gasteiger partial charge in [0.15, 0.2) is 5.78 Å². The third-order valence-corrected chi connectivity index (χ3v) is 3.69. The number of hydrogen-bond donors (Lipinski definition) is 0. The van der Waals surface area contributed by atoms with Gasteiger partial charge in [0.2, 0.25) is 0 Å². The molecule has 19 heavy (non-hydrogen) atoms. The maximum absolute atomic E-state index is 12.6. The highest BCUT2D eigenvalue weighted by Crippen LogP contribution is 2.15. The summed E-state index contributed by atoms with van der Waals surface area (Å²) < 4.78 is 0. The minimum atomic E-state index is 0.0792. The molecule has 1 saturated heterocycles. The number of carbonyl (C=O) groups excluding carboxylic acids is 1. The minimum Gasteiger partial charge on any atom is -0.309 e. The van der Waals surface area contributed by atoms with Crippen molar-refractivity contribution in [1.29, 1.82) is 0 Å². The topological polar surface area (TPSA) is 23.6 Å². The molecule has 104 valence electrons. The number of hydrogen-bond acceptors (Lipinski definition) is 3. The lowest BCUT2D eigenvalue weighted by Gasteiger charge is -2.25. The van der Waals surface area contributed by atoms with Crippen molar-refractivity contribution in [3.8, 4) is 0 Å². The third-order valence-electron chi connectivity index (χ3n) is 3.69. The lowest BCUT2D eigenvalue weighted by molar-refractivity contribution is 0.0861. The first-order valence-electron chi connectivity index (χ1n) is 7.13. The van der Waals surface area contributed by atoms with E-state index in [2.05, 4.69) is 9.80 Å². The van der Waals surface area contributed by atoms with Crippen LogP contribution in [0.3, 0.4) is 0 Å². The van der Waals surface area contributed by atoms with Gasteiger partial charge in [-0.05, 0) is 40.0 Å². The van der Waals surface area contributed by atoms with Gasteiger partial charge in [0, 0.05) is 24.6 Å². The van der Waals surface area contributed by atoms with E-state index >= 15 is 0 Å². The van der Waals surface area contributed by atoms with E-state index in [9.17, 15) is 4.79 Å². The Labute approximate surface area is 116 Å². The molecule has 0 aliphatic carbocycles. The Morgan fingerprint density at radius 2 is 1.84 bits per heavy atom. The summed E-state index contributed by atoms with van der Waals surface area (Å²) in [5, 5.41) is 0. The van der Waals surface area contributed by atoms with Gasteiger partial charge in [0.25, 0.3) is 0 Å². The van der Waals surface area contributed by atoms with Gasteiger partial charge in [-0.3, -0.25) is 4.79 Å². The van der Waals surface area contributed by atoms with Crippen molar-refractivity contribution in [2.45, 2.75) is 12.8 Å². The summed E-state index contributed by atoms with van der Waals surface area (Å²) in [6.07, 6.45) is 2.54. The molecule has 2 rings (SSSR count). The maximum Gasteiger partial charge on any atom is 0.168 e. The second-order valence-electron chi connectivity index (χ2n) is 5.70. The van der Waals surface area contributed by atoms with Crippen LogP contribution in [-0.4, -0.2) is 55.9 Å². The number of benzene rings is 1. The second kappa shape index (κ2) is 6.83. The van der Waals surface area contributed by atoms with Crippen molar-refractivity contribution in [3.05, 3.63) is 35.9 Å². The van der Waals surface area contributed by atoms with Gasteiger partial charge in [0.05, 0.1) is 0 Å². The molecule has 1 aliphatic heterocycles. The fraction of sp³-hybridized carbons (Fsp3) is 0.562. The van der Waals surface area contributed by atoms with Crippen molar-refractivity contribution in [3.63, 3.8) is 0 Å². The van der Waals surface area contributed by atoms with Crippen LogP contribution in [0.5, 0.6) is 0 Å². The number of ketones is 1. The smallest absolute Gasteiger partial charge is 0.168 e. The van der Waals surface area contributed by atoms with Crippen LogP contribution in [0.15, 0.2) is 30.3 Å². The summed E-state index contributed by atoms with van der Waals surface area (Å²) >= 11 is 0. The molecule has 0 N–H and O–H groups in total. The summed E-state index contributed by atoms with van der Waals surface area (Å²) in [4.78, 5) is 17.2. The van der Waals surface area contributed by atoms with Crippen LogP contribution in [0.1, 0.15) is 23.2 Å². The van der Waals surface area contributed by atoms with Gasteiger partial charge in [-0.1, -0.05) is 30.3 Å². The Morgan fingerprint density at radius 1 is 1.21 bits per heavy atom. The summed E-state index contributed by atoms with van der Waals surface area (Å²) in [5.74, 6) is 0.358. The Balaban J connectivity index is 2.05. The molecular formula is C16H24N2O. The maximum atomic E-state index is 12.6. The van der Waals surface area contributed by atoms with Crippen molar-refractivity contribution in [2.75, 3.05) is 40.3 Å². The van der Waals surface area contributed by atoms with E-state index in [1.807, 2.05) is 44.4 Å². The van der Waals surface area contributed by atoms with Gasteiger partial charge >= 0.3 is 0 Å². The predicted molar refractivity (Wildman–Crippen MR) is 78.5 cm³/mol. The summed E-state index contributed by atoms with van der Waals surface area (Å²) in [7, 11) is 4.07. The normalized spacial score (nSPS) is 17.8. The number of carbonyl (C=O) groups is 1. The molecule has 1 aromatic carbocycles. The van der Waals surface area contributed by atoms with Crippen LogP contribution in [0.4, 0.5) is 0 Å². The largest absolute Gasteiger partial charge is 0.309 e. The van der Waals surface area contributed by atoms with E-state index in [4.69, 9.17) is 0 Å². The molecule has 0 saturated carbocycles.